The van der Waals surface area contributed by atoms with Crippen molar-refractivity contribution >= 4 is 43.2 Å². The predicted octanol–water partition coefficient (Wildman–Crippen LogP) is 2.47. The van der Waals surface area contributed by atoms with Gasteiger partial charge in [0.1, 0.15) is 4.90 Å². The first kappa shape index (κ1) is 18.2. The summed E-state index contributed by atoms with van der Waals surface area (Å²) in [5, 5.41) is -0.160. The van der Waals surface area contributed by atoms with Crippen molar-refractivity contribution in [3.05, 3.63) is 58.1 Å². The average molecular weight is 395 g/mol. The van der Waals surface area contributed by atoms with Crippen LogP contribution in [0.3, 0.4) is 0 Å². The van der Waals surface area contributed by atoms with Gasteiger partial charge in [0.05, 0.1) is 14.9 Å². The Hall–Kier alpha value is -1.16. The summed E-state index contributed by atoms with van der Waals surface area (Å²) in [6, 6.07) is 9.91. The first-order valence-corrected chi connectivity index (χ1v) is 9.90. The van der Waals surface area contributed by atoms with Crippen LogP contribution in [0.25, 0.3) is 0 Å². The first-order chi connectivity index (χ1) is 10.6. The minimum absolute atomic E-state index is 0.0379. The van der Waals surface area contributed by atoms with E-state index in [9.17, 15) is 16.8 Å². The van der Waals surface area contributed by atoms with E-state index in [0.29, 0.717) is 0 Å². The van der Waals surface area contributed by atoms with Gasteiger partial charge in [0.15, 0.2) is 0 Å². The minimum atomic E-state index is -4.22. The second-order valence-corrected chi connectivity index (χ2v) is 8.69. The lowest BCUT2D eigenvalue weighted by atomic mass is 10.2. The van der Waals surface area contributed by atoms with Gasteiger partial charge in [0.2, 0.25) is 0 Å². The Labute approximate surface area is 144 Å². The van der Waals surface area contributed by atoms with Gasteiger partial charge in [0, 0.05) is 0 Å². The van der Waals surface area contributed by atoms with Crippen LogP contribution < -0.4 is 9.66 Å². The number of benzene rings is 2. The van der Waals surface area contributed by atoms with Crippen LogP contribution in [0.2, 0.25) is 10.0 Å². The molecule has 0 fully saturated rings. The molecule has 23 heavy (non-hydrogen) atoms. The second kappa shape index (κ2) is 6.76. The Morgan fingerprint density at radius 2 is 1.39 bits per heavy atom. The standard InChI is InChI=1S/C13H12Cl2N2O4S2/c1-9-5-7-10(8-6-9)22(18,19)16-17-23(20,21)12-4-2-3-11(14)13(12)15/h2-8,16-17H,1H3. The lowest BCUT2D eigenvalue weighted by Gasteiger charge is -2.11. The molecule has 0 radical (unpaired) electrons. The third kappa shape index (κ3) is 4.23. The molecule has 0 atom stereocenters. The van der Waals surface area contributed by atoms with Gasteiger partial charge in [-0.25, -0.2) is 16.8 Å². The quantitative estimate of drug-likeness (QED) is 0.761. The summed E-state index contributed by atoms with van der Waals surface area (Å²) in [7, 11) is -8.28. The van der Waals surface area contributed by atoms with Crippen molar-refractivity contribution in [1.29, 1.82) is 0 Å². The predicted molar refractivity (Wildman–Crippen MR) is 88.3 cm³/mol. The molecule has 2 aromatic carbocycles. The van der Waals surface area contributed by atoms with Crippen LogP contribution in [0.15, 0.2) is 52.3 Å². The van der Waals surface area contributed by atoms with Gasteiger partial charge in [-0.1, -0.05) is 47.0 Å². The number of hydrazine groups is 1. The zero-order valence-electron chi connectivity index (χ0n) is 11.7. The van der Waals surface area contributed by atoms with E-state index >= 15 is 0 Å². The lowest BCUT2D eigenvalue weighted by molar-refractivity contribution is 0.557. The van der Waals surface area contributed by atoms with E-state index in [1.54, 1.807) is 23.9 Å². The molecular weight excluding hydrogens is 383 g/mol. The molecule has 0 heterocycles. The monoisotopic (exact) mass is 394 g/mol. The van der Waals surface area contributed by atoms with Crippen LogP contribution in [0.5, 0.6) is 0 Å². The molecular formula is C13H12Cl2N2O4S2. The van der Waals surface area contributed by atoms with Gasteiger partial charge in [-0.2, -0.15) is 0 Å². The second-order valence-electron chi connectivity index (χ2n) is 4.58. The van der Waals surface area contributed by atoms with E-state index in [4.69, 9.17) is 23.2 Å². The van der Waals surface area contributed by atoms with Crippen LogP contribution in [0.1, 0.15) is 5.56 Å². The zero-order chi connectivity index (χ0) is 17.3. The maximum atomic E-state index is 12.2. The van der Waals surface area contributed by atoms with Crippen LogP contribution >= 0.6 is 23.2 Å². The van der Waals surface area contributed by atoms with Crippen LogP contribution in [-0.4, -0.2) is 16.8 Å². The van der Waals surface area contributed by atoms with E-state index in [2.05, 4.69) is 0 Å². The highest BCUT2D eigenvalue weighted by molar-refractivity contribution is 7.92. The van der Waals surface area contributed by atoms with Crippen molar-refractivity contribution in [3.63, 3.8) is 0 Å². The Kier molecular flexibility index (Phi) is 5.34. The van der Waals surface area contributed by atoms with Gasteiger partial charge in [-0.05, 0) is 31.2 Å². The molecule has 2 aromatic rings. The number of hydrogen-bond donors (Lipinski definition) is 2. The Morgan fingerprint density at radius 3 is 2.00 bits per heavy atom. The highest BCUT2D eigenvalue weighted by atomic mass is 35.5. The summed E-state index contributed by atoms with van der Waals surface area (Å²) in [4.78, 5) is 3.19. The fraction of sp³-hybridized carbons (Fsp3) is 0.0769. The van der Waals surface area contributed by atoms with Crippen molar-refractivity contribution in [2.75, 3.05) is 0 Å². The SMILES string of the molecule is Cc1ccc(S(=O)(=O)NNS(=O)(=O)c2cccc(Cl)c2Cl)cc1. The average Bonchev–Trinajstić information content (AvgIpc) is 2.48. The highest BCUT2D eigenvalue weighted by Gasteiger charge is 2.22. The Morgan fingerprint density at radius 1 is 0.826 bits per heavy atom. The summed E-state index contributed by atoms with van der Waals surface area (Å²) < 4.78 is 48.5. The van der Waals surface area contributed by atoms with Gasteiger partial charge in [0.25, 0.3) is 20.0 Å². The molecule has 2 N–H and O–H groups in total. The van der Waals surface area contributed by atoms with Crippen molar-refractivity contribution in [3.8, 4) is 0 Å². The first-order valence-electron chi connectivity index (χ1n) is 6.18. The van der Waals surface area contributed by atoms with Crippen LogP contribution in [0, 0.1) is 6.92 Å². The molecule has 0 amide bonds. The smallest absolute Gasteiger partial charge is 0.206 e. The molecule has 0 saturated heterocycles. The molecule has 0 unspecified atom stereocenters. The maximum Gasteiger partial charge on any atom is 0.255 e. The van der Waals surface area contributed by atoms with E-state index < -0.39 is 20.0 Å². The molecule has 0 aliphatic heterocycles. The van der Waals surface area contributed by atoms with E-state index in [1.165, 1.54) is 30.3 Å². The summed E-state index contributed by atoms with van der Waals surface area (Å²) in [5.74, 6) is 0. The van der Waals surface area contributed by atoms with Crippen molar-refractivity contribution < 1.29 is 16.8 Å². The van der Waals surface area contributed by atoms with Gasteiger partial charge >= 0.3 is 0 Å². The van der Waals surface area contributed by atoms with Gasteiger partial charge in [-0.15, -0.1) is 9.66 Å². The van der Waals surface area contributed by atoms with Crippen molar-refractivity contribution in [2.45, 2.75) is 16.7 Å². The lowest BCUT2D eigenvalue weighted by Crippen LogP contribution is -2.41. The topological polar surface area (TPSA) is 92.3 Å². The summed E-state index contributed by atoms with van der Waals surface area (Å²) in [6.45, 7) is 1.80. The molecule has 0 aliphatic rings. The molecule has 0 aromatic heterocycles. The number of sulfonamides is 2. The Balaban J connectivity index is 2.25. The molecule has 10 heteroatoms. The fourth-order valence-corrected chi connectivity index (χ4v) is 4.50. The molecule has 0 bridgehead atoms. The third-order valence-corrected chi connectivity index (χ3v) is 6.46. The molecule has 124 valence electrons. The molecule has 0 aliphatic carbocycles. The molecule has 0 saturated carbocycles. The third-order valence-electron chi connectivity index (χ3n) is 2.85. The minimum Gasteiger partial charge on any atom is -0.206 e. The molecule has 2 rings (SSSR count). The summed E-state index contributed by atoms with van der Waals surface area (Å²) in [5.41, 5.74) is 0.871. The normalized spacial score (nSPS) is 12.3. The Bertz CT molecular complexity index is 927. The summed E-state index contributed by atoms with van der Waals surface area (Å²) >= 11 is 11.6. The van der Waals surface area contributed by atoms with E-state index in [-0.39, 0.29) is 19.8 Å². The fourth-order valence-electron chi connectivity index (χ4n) is 1.63. The number of aryl methyl sites for hydroxylation is 1. The number of hydrogen-bond acceptors (Lipinski definition) is 4. The largest absolute Gasteiger partial charge is 0.255 e. The summed E-state index contributed by atoms with van der Waals surface area (Å²) in [6.07, 6.45) is 0. The van der Waals surface area contributed by atoms with Crippen molar-refractivity contribution in [1.82, 2.24) is 9.66 Å². The van der Waals surface area contributed by atoms with Crippen molar-refractivity contribution in [2.24, 2.45) is 0 Å². The van der Waals surface area contributed by atoms with Crippen LogP contribution in [0.4, 0.5) is 0 Å². The van der Waals surface area contributed by atoms with Gasteiger partial charge in [-0.3, -0.25) is 0 Å². The number of nitrogens with one attached hydrogen (secondary N) is 2. The van der Waals surface area contributed by atoms with E-state index in [0.717, 1.165) is 5.56 Å². The van der Waals surface area contributed by atoms with Gasteiger partial charge < -0.3 is 0 Å². The van der Waals surface area contributed by atoms with E-state index in [1.807, 2.05) is 4.83 Å². The molecule has 0 spiro atoms. The molecule has 6 nitrogen and oxygen atoms in total. The highest BCUT2D eigenvalue weighted by Crippen LogP contribution is 2.28. The number of halogens is 2. The van der Waals surface area contributed by atoms with Crippen LogP contribution in [-0.2, 0) is 20.0 Å². The zero-order valence-corrected chi connectivity index (χ0v) is 14.9. The number of rotatable bonds is 5. The maximum absolute atomic E-state index is 12.2.